The van der Waals surface area contributed by atoms with Crippen LogP contribution >= 0.6 is 24.0 Å². The molecule has 1 aromatic carbocycles. The number of para-hydroxylation sites is 1. The van der Waals surface area contributed by atoms with E-state index in [0.29, 0.717) is 12.0 Å². The summed E-state index contributed by atoms with van der Waals surface area (Å²) in [6.45, 7) is 14.1. The Labute approximate surface area is 187 Å². The molecule has 0 amide bonds. The van der Waals surface area contributed by atoms with Gasteiger partial charge in [0.25, 0.3) is 0 Å². The number of guanidine groups is 1. The maximum Gasteiger partial charge on any atom is 0.191 e. The number of morpholine rings is 1. The van der Waals surface area contributed by atoms with E-state index in [1.165, 1.54) is 0 Å². The van der Waals surface area contributed by atoms with E-state index in [1.807, 2.05) is 6.07 Å². The maximum absolute atomic E-state index is 5.40. The number of ether oxygens (including phenoxy) is 1. The minimum Gasteiger partial charge on any atom is -0.380 e. The molecule has 3 N–H and O–H groups in total. The van der Waals surface area contributed by atoms with Crippen LogP contribution in [0, 0.1) is 5.92 Å². The van der Waals surface area contributed by atoms with Gasteiger partial charge in [-0.2, -0.15) is 0 Å². The number of aliphatic imine (C=N–C) groups is 1. The smallest absolute Gasteiger partial charge is 0.191 e. The summed E-state index contributed by atoms with van der Waals surface area (Å²) in [7, 11) is 0. The number of anilines is 1. The minimum absolute atomic E-state index is 0. The number of hydrogen-bond acceptors (Lipinski definition) is 4. The van der Waals surface area contributed by atoms with E-state index < -0.39 is 0 Å². The fourth-order valence-electron chi connectivity index (χ4n) is 3.04. The first kappa shape index (κ1) is 25.0. The first-order valence-electron chi connectivity index (χ1n) is 10.3. The van der Waals surface area contributed by atoms with Gasteiger partial charge in [0.1, 0.15) is 0 Å². The first-order valence-corrected chi connectivity index (χ1v) is 10.3. The summed E-state index contributed by atoms with van der Waals surface area (Å²) >= 11 is 0. The maximum atomic E-state index is 5.40. The van der Waals surface area contributed by atoms with E-state index in [-0.39, 0.29) is 24.0 Å². The number of benzene rings is 1. The topological polar surface area (TPSA) is 60.9 Å². The minimum atomic E-state index is 0. The first-order chi connectivity index (χ1) is 13.2. The van der Waals surface area contributed by atoms with Gasteiger partial charge in [0.15, 0.2) is 5.96 Å². The largest absolute Gasteiger partial charge is 0.380 e. The predicted octanol–water partition coefficient (Wildman–Crippen LogP) is 3.02. The zero-order valence-corrected chi connectivity index (χ0v) is 19.9. The molecule has 1 aliphatic heterocycles. The van der Waals surface area contributed by atoms with Crippen molar-refractivity contribution in [3.63, 3.8) is 0 Å². The lowest BCUT2D eigenvalue weighted by Gasteiger charge is -2.26. The molecule has 1 atom stereocenters. The molecule has 0 saturated carbocycles. The molecule has 0 bridgehead atoms. The second-order valence-electron chi connectivity index (χ2n) is 7.31. The molecule has 1 saturated heterocycles. The van der Waals surface area contributed by atoms with Gasteiger partial charge in [-0.25, -0.2) is 0 Å². The van der Waals surface area contributed by atoms with Crippen LogP contribution in [0.1, 0.15) is 27.2 Å². The Hall–Kier alpha value is -1.06. The van der Waals surface area contributed by atoms with Crippen molar-refractivity contribution < 1.29 is 4.74 Å². The zero-order valence-electron chi connectivity index (χ0n) is 17.6. The lowest BCUT2D eigenvalue weighted by Crippen LogP contribution is -2.41. The molecule has 0 radical (unpaired) electrons. The van der Waals surface area contributed by atoms with E-state index in [4.69, 9.17) is 9.73 Å². The van der Waals surface area contributed by atoms with Crippen LogP contribution in [-0.4, -0.2) is 69.4 Å². The quantitative estimate of drug-likeness (QED) is 0.198. The Kier molecular flexibility index (Phi) is 13.3. The van der Waals surface area contributed by atoms with E-state index in [1.54, 1.807) is 0 Å². The van der Waals surface area contributed by atoms with Crippen LogP contribution in [0.5, 0.6) is 0 Å². The highest BCUT2D eigenvalue weighted by molar-refractivity contribution is 14.0. The molecule has 1 heterocycles. The molecule has 7 heteroatoms. The molecule has 2 rings (SSSR count). The number of halogens is 1. The third-order valence-corrected chi connectivity index (χ3v) is 4.77. The number of nitrogens with zero attached hydrogens (tertiary/aromatic N) is 2. The highest BCUT2D eigenvalue weighted by Gasteiger charge is 2.13. The van der Waals surface area contributed by atoms with Crippen LogP contribution in [0.15, 0.2) is 35.3 Å². The summed E-state index contributed by atoms with van der Waals surface area (Å²) in [6, 6.07) is 10.7. The van der Waals surface area contributed by atoms with E-state index >= 15 is 0 Å². The lowest BCUT2D eigenvalue weighted by atomic mass is 10.0. The number of hydrogen-bond donors (Lipinski definition) is 3. The molecule has 0 aliphatic carbocycles. The Morgan fingerprint density at radius 3 is 2.50 bits per heavy atom. The third-order valence-electron chi connectivity index (χ3n) is 4.77. The van der Waals surface area contributed by atoms with Crippen molar-refractivity contribution in [2.45, 2.75) is 33.2 Å². The summed E-state index contributed by atoms with van der Waals surface area (Å²) in [5.41, 5.74) is 1.15. The van der Waals surface area contributed by atoms with Gasteiger partial charge in [0, 0.05) is 37.9 Å². The Bertz CT molecular complexity index is 535. The average Bonchev–Trinajstić information content (AvgIpc) is 2.69. The van der Waals surface area contributed by atoms with Crippen LogP contribution < -0.4 is 16.0 Å². The second-order valence-corrected chi connectivity index (χ2v) is 7.31. The van der Waals surface area contributed by atoms with Crippen molar-refractivity contribution in [2.24, 2.45) is 10.9 Å². The fraction of sp³-hybridized carbons (Fsp3) is 0.667. The van der Waals surface area contributed by atoms with E-state index in [9.17, 15) is 0 Å². The van der Waals surface area contributed by atoms with Crippen molar-refractivity contribution in [3.8, 4) is 0 Å². The SMILES string of the molecule is CCNC(=NCC(Nc1ccccc1)C(C)C)NCCCN1CCOCC1.I. The number of nitrogens with one attached hydrogen (secondary N) is 3. The van der Waals surface area contributed by atoms with Crippen LogP contribution in [0.3, 0.4) is 0 Å². The molecule has 1 aliphatic rings. The summed E-state index contributed by atoms with van der Waals surface area (Å²) in [5, 5.41) is 10.4. The van der Waals surface area contributed by atoms with E-state index in [0.717, 1.165) is 70.6 Å². The highest BCUT2D eigenvalue weighted by atomic mass is 127. The van der Waals surface area contributed by atoms with Crippen molar-refractivity contribution in [1.82, 2.24) is 15.5 Å². The van der Waals surface area contributed by atoms with Crippen LogP contribution in [-0.2, 0) is 4.74 Å². The molecule has 1 unspecified atom stereocenters. The fourth-order valence-corrected chi connectivity index (χ4v) is 3.04. The predicted molar refractivity (Wildman–Crippen MR) is 130 cm³/mol. The van der Waals surface area contributed by atoms with Crippen molar-refractivity contribution >= 4 is 35.6 Å². The summed E-state index contributed by atoms with van der Waals surface area (Å²) in [4.78, 5) is 7.28. The molecule has 1 fully saturated rings. The van der Waals surface area contributed by atoms with Gasteiger partial charge >= 0.3 is 0 Å². The molecule has 28 heavy (non-hydrogen) atoms. The van der Waals surface area contributed by atoms with Crippen molar-refractivity contribution in [1.29, 1.82) is 0 Å². The molecule has 0 spiro atoms. The van der Waals surface area contributed by atoms with Gasteiger partial charge in [-0.1, -0.05) is 32.0 Å². The average molecular weight is 503 g/mol. The molecule has 1 aromatic rings. The van der Waals surface area contributed by atoms with Gasteiger partial charge in [-0.15, -0.1) is 24.0 Å². The Morgan fingerprint density at radius 1 is 1.14 bits per heavy atom. The third kappa shape index (κ3) is 9.93. The van der Waals surface area contributed by atoms with Gasteiger partial charge in [-0.3, -0.25) is 9.89 Å². The van der Waals surface area contributed by atoms with Crippen molar-refractivity contribution in [2.75, 3.05) is 57.8 Å². The van der Waals surface area contributed by atoms with Gasteiger partial charge in [0.05, 0.1) is 19.8 Å². The van der Waals surface area contributed by atoms with Gasteiger partial charge in [0.2, 0.25) is 0 Å². The Morgan fingerprint density at radius 2 is 1.86 bits per heavy atom. The van der Waals surface area contributed by atoms with Gasteiger partial charge in [-0.05, 0) is 37.9 Å². The lowest BCUT2D eigenvalue weighted by molar-refractivity contribution is 0.0376. The van der Waals surface area contributed by atoms with Crippen LogP contribution in [0.25, 0.3) is 0 Å². The molecule has 160 valence electrons. The van der Waals surface area contributed by atoms with E-state index in [2.05, 4.69) is 65.9 Å². The molecule has 6 nitrogen and oxygen atoms in total. The summed E-state index contributed by atoms with van der Waals surface area (Å²) < 4.78 is 5.40. The zero-order chi connectivity index (χ0) is 19.3. The molecular formula is C21H38IN5O. The van der Waals surface area contributed by atoms with Gasteiger partial charge < -0.3 is 20.7 Å². The molecular weight excluding hydrogens is 465 g/mol. The second kappa shape index (κ2) is 14.9. The van der Waals surface area contributed by atoms with Crippen LogP contribution in [0.4, 0.5) is 5.69 Å². The summed E-state index contributed by atoms with van der Waals surface area (Å²) in [5.74, 6) is 1.40. The normalized spacial score (nSPS) is 16.4. The van der Waals surface area contributed by atoms with Crippen molar-refractivity contribution in [3.05, 3.63) is 30.3 Å². The summed E-state index contributed by atoms with van der Waals surface area (Å²) in [6.07, 6.45) is 1.11. The molecule has 0 aromatic heterocycles. The number of rotatable bonds is 10. The van der Waals surface area contributed by atoms with Crippen LogP contribution in [0.2, 0.25) is 0 Å². The monoisotopic (exact) mass is 503 g/mol. The highest BCUT2D eigenvalue weighted by Crippen LogP contribution is 2.12. The standard InChI is InChI=1S/C21H37N5O.HI/c1-4-22-21(23-11-8-12-26-13-15-27-16-14-26)24-17-20(18(2)3)25-19-9-6-5-7-10-19;/h5-7,9-10,18,20,25H,4,8,11-17H2,1-3H3,(H2,22,23,24);1H. The Balaban J connectivity index is 0.00000392.